The number of thioether (sulfide) groups is 1. The molecule has 98 valence electrons. The molecule has 7 heteroatoms. The Morgan fingerprint density at radius 2 is 2.17 bits per heavy atom. The van der Waals surface area contributed by atoms with Crippen molar-refractivity contribution in [1.82, 2.24) is 5.32 Å². The Hall–Kier alpha value is -1.40. The maximum Gasteiger partial charge on any atom is 0.337 e. The lowest BCUT2D eigenvalue weighted by Crippen LogP contribution is -2.30. The highest BCUT2D eigenvalue weighted by Crippen LogP contribution is 2.20. The standard InChI is InChI=1S/C11H13ClN2O3S/c1-18-5-4-13-11(17)14-7-2-3-8(10(15)16)9(12)6-7/h2-3,6H,4-5H2,1H3,(H,15,16)(H2,13,14,17). The number of hydrogen-bond acceptors (Lipinski definition) is 3. The number of anilines is 1. The normalized spacial score (nSPS) is 9.89. The third-order valence-corrected chi connectivity index (χ3v) is 2.97. The van der Waals surface area contributed by atoms with Crippen LogP contribution in [-0.4, -0.2) is 35.7 Å². The Kier molecular flexibility index (Phi) is 5.80. The molecular formula is C11H13ClN2O3S. The third kappa shape index (κ3) is 4.46. The summed E-state index contributed by atoms with van der Waals surface area (Å²) in [5, 5.41) is 14.1. The van der Waals surface area contributed by atoms with Crippen LogP contribution in [0.25, 0.3) is 0 Å². The zero-order valence-electron chi connectivity index (χ0n) is 9.70. The number of carboxylic acid groups (broad SMARTS) is 1. The summed E-state index contributed by atoms with van der Waals surface area (Å²) < 4.78 is 0. The number of amides is 2. The maximum absolute atomic E-state index is 11.4. The van der Waals surface area contributed by atoms with Gasteiger partial charge in [0.05, 0.1) is 10.6 Å². The predicted molar refractivity (Wildman–Crippen MR) is 73.8 cm³/mol. The lowest BCUT2D eigenvalue weighted by molar-refractivity contribution is 0.0697. The number of carbonyl (C=O) groups is 2. The van der Waals surface area contributed by atoms with Crippen LogP contribution < -0.4 is 10.6 Å². The second-order valence-corrected chi connectivity index (χ2v) is 4.77. The summed E-state index contributed by atoms with van der Waals surface area (Å²) in [7, 11) is 0. The third-order valence-electron chi connectivity index (χ3n) is 2.05. The van der Waals surface area contributed by atoms with Gasteiger partial charge in [0, 0.05) is 18.0 Å². The van der Waals surface area contributed by atoms with Crippen LogP contribution in [0.5, 0.6) is 0 Å². The van der Waals surface area contributed by atoms with E-state index in [4.69, 9.17) is 16.7 Å². The van der Waals surface area contributed by atoms with Crippen molar-refractivity contribution in [2.75, 3.05) is 23.9 Å². The van der Waals surface area contributed by atoms with Crippen LogP contribution in [0.15, 0.2) is 18.2 Å². The molecular weight excluding hydrogens is 276 g/mol. The summed E-state index contributed by atoms with van der Waals surface area (Å²) in [5.41, 5.74) is 0.455. The van der Waals surface area contributed by atoms with Crippen LogP contribution in [0.4, 0.5) is 10.5 Å². The van der Waals surface area contributed by atoms with E-state index in [1.165, 1.54) is 18.2 Å². The number of hydrogen-bond donors (Lipinski definition) is 3. The van der Waals surface area contributed by atoms with Crippen LogP contribution in [0.3, 0.4) is 0 Å². The first-order valence-electron chi connectivity index (χ1n) is 5.11. The SMILES string of the molecule is CSCCNC(=O)Nc1ccc(C(=O)O)c(Cl)c1. The van der Waals surface area contributed by atoms with Gasteiger partial charge >= 0.3 is 12.0 Å². The monoisotopic (exact) mass is 288 g/mol. The second-order valence-electron chi connectivity index (χ2n) is 3.37. The van der Waals surface area contributed by atoms with Gasteiger partial charge in [-0.05, 0) is 24.5 Å². The van der Waals surface area contributed by atoms with E-state index in [-0.39, 0.29) is 16.6 Å². The van der Waals surface area contributed by atoms with E-state index < -0.39 is 5.97 Å². The van der Waals surface area contributed by atoms with Crippen molar-refractivity contribution in [3.63, 3.8) is 0 Å². The van der Waals surface area contributed by atoms with E-state index in [1.807, 2.05) is 6.26 Å². The molecule has 0 saturated carbocycles. The zero-order valence-corrected chi connectivity index (χ0v) is 11.3. The molecule has 0 aliphatic heterocycles. The van der Waals surface area contributed by atoms with Crippen molar-refractivity contribution in [3.05, 3.63) is 28.8 Å². The minimum atomic E-state index is -1.10. The van der Waals surface area contributed by atoms with E-state index in [0.717, 1.165) is 5.75 Å². The number of benzene rings is 1. The molecule has 0 aliphatic rings. The van der Waals surface area contributed by atoms with Crippen LogP contribution >= 0.6 is 23.4 Å². The van der Waals surface area contributed by atoms with Crippen molar-refractivity contribution >= 4 is 41.1 Å². The lowest BCUT2D eigenvalue weighted by atomic mass is 10.2. The number of aromatic carboxylic acids is 1. The van der Waals surface area contributed by atoms with Crippen molar-refractivity contribution in [2.24, 2.45) is 0 Å². The molecule has 0 fully saturated rings. The number of urea groups is 1. The molecule has 0 bridgehead atoms. The first kappa shape index (κ1) is 14.7. The average molecular weight is 289 g/mol. The van der Waals surface area contributed by atoms with E-state index in [2.05, 4.69) is 10.6 Å². The molecule has 0 unspecified atom stereocenters. The number of carbonyl (C=O) groups excluding carboxylic acids is 1. The van der Waals surface area contributed by atoms with Gasteiger partial charge in [0.2, 0.25) is 0 Å². The largest absolute Gasteiger partial charge is 0.478 e. The summed E-state index contributed by atoms with van der Waals surface area (Å²) in [5.74, 6) is -0.275. The molecule has 0 radical (unpaired) electrons. The summed E-state index contributed by atoms with van der Waals surface area (Å²) in [6, 6.07) is 3.90. The molecule has 0 spiro atoms. The Bertz CT molecular complexity index is 454. The molecule has 1 rings (SSSR count). The lowest BCUT2D eigenvalue weighted by Gasteiger charge is -2.08. The number of nitrogens with one attached hydrogen (secondary N) is 2. The molecule has 0 heterocycles. The maximum atomic E-state index is 11.4. The van der Waals surface area contributed by atoms with Gasteiger partial charge in [-0.2, -0.15) is 11.8 Å². The molecule has 0 aromatic heterocycles. The van der Waals surface area contributed by atoms with Gasteiger partial charge in [-0.1, -0.05) is 11.6 Å². The molecule has 0 saturated heterocycles. The Labute approximate surface area is 114 Å². The zero-order chi connectivity index (χ0) is 13.5. The Morgan fingerprint density at radius 1 is 1.44 bits per heavy atom. The van der Waals surface area contributed by atoms with Crippen molar-refractivity contribution in [3.8, 4) is 0 Å². The van der Waals surface area contributed by atoms with Gasteiger partial charge in [-0.3, -0.25) is 0 Å². The molecule has 1 aromatic carbocycles. The second kappa shape index (κ2) is 7.13. The molecule has 0 aliphatic carbocycles. The first-order valence-corrected chi connectivity index (χ1v) is 6.88. The van der Waals surface area contributed by atoms with Crippen LogP contribution in [0.1, 0.15) is 10.4 Å². The fourth-order valence-corrected chi connectivity index (χ4v) is 1.78. The van der Waals surface area contributed by atoms with Crippen molar-refractivity contribution in [1.29, 1.82) is 0 Å². The predicted octanol–water partition coefficient (Wildman–Crippen LogP) is 2.52. The molecule has 5 nitrogen and oxygen atoms in total. The van der Waals surface area contributed by atoms with E-state index in [0.29, 0.717) is 12.2 Å². The van der Waals surface area contributed by atoms with Gasteiger partial charge in [0.1, 0.15) is 0 Å². The summed E-state index contributed by atoms with van der Waals surface area (Å²) in [6.45, 7) is 0.563. The highest BCUT2D eigenvalue weighted by molar-refractivity contribution is 7.98. The van der Waals surface area contributed by atoms with Gasteiger partial charge < -0.3 is 15.7 Å². The van der Waals surface area contributed by atoms with E-state index in [1.54, 1.807) is 11.8 Å². The minimum Gasteiger partial charge on any atom is -0.478 e. The fourth-order valence-electron chi connectivity index (χ4n) is 1.21. The summed E-state index contributed by atoms with van der Waals surface area (Å²) >= 11 is 7.41. The van der Waals surface area contributed by atoms with Gasteiger partial charge in [-0.15, -0.1) is 0 Å². The van der Waals surface area contributed by atoms with Crippen molar-refractivity contribution < 1.29 is 14.7 Å². The average Bonchev–Trinajstić information content (AvgIpc) is 2.28. The van der Waals surface area contributed by atoms with E-state index >= 15 is 0 Å². The fraction of sp³-hybridized carbons (Fsp3) is 0.273. The Balaban J connectivity index is 2.60. The summed E-state index contributed by atoms with van der Waals surface area (Å²) in [6.07, 6.45) is 1.95. The molecule has 0 atom stereocenters. The smallest absolute Gasteiger partial charge is 0.337 e. The van der Waals surface area contributed by atoms with E-state index in [9.17, 15) is 9.59 Å². The summed E-state index contributed by atoms with van der Waals surface area (Å²) in [4.78, 5) is 22.2. The number of carboxylic acids is 1. The number of halogens is 1. The molecule has 18 heavy (non-hydrogen) atoms. The van der Waals surface area contributed by atoms with Gasteiger partial charge in [-0.25, -0.2) is 9.59 Å². The van der Waals surface area contributed by atoms with Crippen LogP contribution in [0.2, 0.25) is 5.02 Å². The van der Waals surface area contributed by atoms with Crippen molar-refractivity contribution in [2.45, 2.75) is 0 Å². The molecule has 3 N–H and O–H groups in total. The number of rotatable bonds is 5. The van der Waals surface area contributed by atoms with Gasteiger partial charge in [0.15, 0.2) is 0 Å². The van der Waals surface area contributed by atoms with Gasteiger partial charge in [0.25, 0.3) is 0 Å². The molecule has 2 amide bonds. The van der Waals surface area contributed by atoms with Crippen LogP contribution in [-0.2, 0) is 0 Å². The van der Waals surface area contributed by atoms with Crippen LogP contribution in [0, 0.1) is 0 Å². The highest BCUT2D eigenvalue weighted by Gasteiger charge is 2.09. The first-order chi connectivity index (χ1) is 8.54. The topological polar surface area (TPSA) is 78.4 Å². The highest BCUT2D eigenvalue weighted by atomic mass is 35.5. The quantitative estimate of drug-likeness (QED) is 0.728. The molecule has 1 aromatic rings. The Morgan fingerprint density at radius 3 is 2.72 bits per heavy atom. The minimum absolute atomic E-state index is 0.00464.